The summed E-state index contributed by atoms with van der Waals surface area (Å²) >= 11 is 11.7. The van der Waals surface area contributed by atoms with Gasteiger partial charge in [-0.15, -0.1) is 0 Å². The van der Waals surface area contributed by atoms with Crippen LogP contribution in [0.4, 0.5) is 5.69 Å². The van der Waals surface area contributed by atoms with Crippen LogP contribution in [0.25, 0.3) is 0 Å². The predicted molar refractivity (Wildman–Crippen MR) is 64.3 cm³/mol. The molecule has 0 radical (unpaired) electrons. The van der Waals surface area contributed by atoms with Gasteiger partial charge < -0.3 is 10.4 Å². The maximum atomic E-state index is 11.7. The van der Waals surface area contributed by atoms with Crippen molar-refractivity contribution >= 4 is 40.8 Å². The van der Waals surface area contributed by atoms with Crippen molar-refractivity contribution < 1.29 is 14.7 Å². The molecule has 2 atom stereocenters. The highest BCUT2D eigenvalue weighted by Crippen LogP contribution is 2.40. The van der Waals surface area contributed by atoms with Crippen LogP contribution in [0.1, 0.15) is 6.42 Å². The molecular weight excluding hydrogens is 265 g/mol. The lowest BCUT2D eigenvalue weighted by Gasteiger charge is -2.07. The summed E-state index contributed by atoms with van der Waals surface area (Å²) in [4.78, 5) is 22.3. The van der Waals surface area contributed by atoms with Crippen molar-refractivity contribution in [1.29, 1.82) is 0 Å². The molecule has 0 heterocycles. The molecule has 1 aliphatic carbocycles. The highest BCUT2D eigenvalue weighted by molar-refractivity contribution is 6.44. The van der Waals surface area contributed by atoms with E-state index in [0.29, 0.717) is 17.1 Å². The van der Waals surface area contributed by atoms with Gasteiger partial charge in [-0.25, -0.2) is 0 Å². The number of carbonyl (C=O) groups is 2. The summed E-state index contributed by atoms with van der Waals surface area (Å²) in [5, 5.41) is 11.9. The molecule has 1 aliphatic rings. The average Bonchev–Trinajstić information content (AvgIpc) is 3.04. The van der Waals surface area contributed by atoms with Gasteiger partial charge in [0.2, 0.25) is 5.91 Å². The van der Waals surface area contributed by atoms with Crippen molar-refractivity contribution in [3.8, 4) is 0 Å². The van der Waals surface area contributed by atoms with Crippen LogP contribution >= 0.6 is 23.2 Å². The third-order valence-corrected chi connectivity index (χ3v) is 3.47. The van der Waals surface area contributed by atoms with Gasteiger partial charge >= 0.3 is 5.97 Å². The van der Waals surface area contributed by atoms with Gasteiger partial charge in [0.25, 0.3) is 0 Å². The van der Waals surface area contributed by atoms with Gasteiger partial charge in [-0.3, -0.25) is 9.59 Å². The first kappa shape index (κ1) is 12.2. The van der Waals surface area contributed by atoms with E-state index in [1.807, 2.05) is 0 Å². The fraction of sp³-hybridized carbons (Fsp3) is 0.273. The first-order valence-electron chi connectivity index (χ1n) is 4.98. The van der Waals surface area contributed by atoms with Gasteiger partial charge in [0.05, 0.1) is 27.6 Å². The lowest BCUT2D eigenvalue weighted by atomic mass is 10.2. The number of hydrogen-bond acceptors (Lipinski definition) is 2. The zero-order valence-electron chi connectivity index (χ0n) is 8.61. The first-order chi connectivity index (χ1) is 8.00. The molecule has 0 bridgehead atoms. The fourth-order valence-electron chi connectivity index (χ4n) is 1.58. The van der Waals surface area contributed by atoms with Crippen molar-refractivity contribution in [2.75, 3.05) is 5.32 Å². The van der Waals surface area contributed by atoms with Gasteiger partial charge in [0.1, 0.15) is 0 Å². The Morgan fingerprint density at radius 1 is 1.29 bits per heavy atom. The molecule has 0 saturated heterocycles. The number of benzene rings is 1. The Kier molecular flexibility index (Phi) is 3.26. The van der Waals surface area contributed by atoms with E-state index < -0.39 is 17.8 Å². The lowest BCUT2D eigenvalue weighted by Crippen LogP contribution is -2.17. The zero-order valence-corrected chi connectivity index (χ0v) is 10.1. The highest BCUT2D eigenvalue weighted by Gasteiger charge is 2.48. The van der Waals surface area contributed by atoms with Crippen LogP contribution in [-0.2, 0) is 9.59 Å². The topological polar surface area (TPSA) is 66.4 Å². The number of carboxylic acid groups (broad SMARTS) is 1. The minimum absolute atomic E-state index is 0.259. The number of hydrogen-bond donors (Lipinski definition) is 2. The maximum Gasteiger partial charge on any atom is 0.307 e. The number of carboxylic acids is 1. The fourth-order valence-corrected chi connectivity index (χ4v) is 1.93. The van der Waals surface area contributed by atoms with E-state index in [0.717, 1.165) is 0 Å². The highest BCUT2D eigenvalue weighted by atomic mass is 35.5. The standard InChI is InChI=1S/C11H9Cl2NO3/c12-7-2-1-3-8(9(7)13)14-10(15)5-4-6(5)11(16)17/h1-3,5-6H,4H2,(H,14,15)(H,16,17)/t5-,6+/m1/s1. The Morgan fingerprint density at radius 2 is 2.00 bits per heavy atom. The zero-order chi connectivity index (χ0) is 12.6. The Labute approximate surface area is 108 Å². The Hall–Kier alpha value is -1.26. The van der Waals surface area contributed by atoms with Crippen molar-refractivity contribution in [2.45, 2.75) is 6.42 Å². The quantitative estimate of drug-likeness (QED) is 0.890. The monoisotopic (exact) mass is 273 g/mol. The van der Waals surface area contributed by atoms with E-state index in [1.165, 1.54) is 0 Å². The van der Waals surface area contributed by atoms with Crippen molar-refractivity contribution in [3.63, 3.8) is 0 Å². The number of rotatable bonds is 3. The van der Waals surface area contributed by atoms with E-state index in [1.54, 1.807) is 18.2 Å². The molecule has 1 aromatic carbocycles. The first-order valence-corrected chi connectivity index (χ1v) is 5.74. The smallest absolute Gasteiger partial charge is 0.307 e. The Bertz CT molecular complexity index is 490. The summed E-state index contributed by atoms with van der Waals surface area (Å²) in [7, 11) is 0. The second-order valence-electron chi connectivity index (χ2n) is 3.88. The molecule has 6 heteroatoms. The number of aliphatic carboxylic acids is 1. The van der Waals surface area contributed by atoms with Gasteiger partial charge in [-0.05, 0) is 18.6 Å². The average molecular weight is 274 g/mol. The summed E-state index contributed by atoms with van der Waals surface area (Å²) in [6.07, 6.45) is 0.374. The predicted octanol–water partition coefficient (Wildman–Crippen LogP) is 2.65. The molecule has 1 aromatic rings. The van der Waals surface area contributed by atoms with Crippen LogP contribution in [-0.4, -0.2) is 17.0 Å². The van der Waals surface area contributed by atoms with Gasteiger partial charge in [0, 0.05) is 0 Å². The van der Waals surface area contributed by atoms with Crippen molar-refractivity contribution in [1.82, 2.24) is 0 Å². The molecule has 1 amide bonds. The molecule has 2 N–H and O–H groups in total. The van der Waals surface area contributed by atoms with E-state index in [9.17, 15) is 9.59 Å². The summed E-state index contributed by atoms with van der Waals surface area (Å²) in [5.41, 5.74) is 0.403. The van der Waals surface area contributed by atoms with Gasteiger partial charge in [-0.2, -0.15) is 0 Å². The minimum Gasteiger partial charge on any atom is -0.481 e. The molecule has 17 heavy (non-hydrogen) atoms. The van der Waals surface area contributed by atoms with Gasteiger partial charge in [-0.1, -0.05) is 29.3 Å². The number of carbonyl (C=O) groups excluding carboxylic acids is 1. The molecule has 0 unspecified atom stereocenters. The second-order valence-corrected chi connectivity index (χ2v) is 4.66. The third kappa shape index (κ3) is 2.53. The largest absolute Gasteiger partial charge is 0.481 e. The van der Waals surface area contributed by atoms with E-state index >= 15 is 0 Å². The number of amides is 1. The molecular formula is C11H9Cl2NO3. The van der Waals surface area contributed by atoms with E-state index in [2.05, 4.69) is 5.32 Å². The molecule has 4 nitrogen and oxygen atoms in total. The van der Waals surface area contributed by atoms with Crippen molar-refractivity contribution in [3.05, 3.63) is 28.2 Å². The van der Waals surface area contributed by atoms with Crippen LogP contribution in [0.15, 0.2) is 18.2 Å². The number of anilines is 1. The van der Waals surface area contributed by atoms with Crippen LogP contribution < -0.4 is 5.32 Å². The normalized spacial score (nSPS) is 22.0. The number of halogens is 2. The summed E-state index contributed by atoms with van der Waals surface area (Å²) < 4.78 is 0. The molecule has 1 fully saturated rings. The van der Waals surface area contributed by atoms with Crippen LogP contribution in [0.3, 0.4) is 0 Å². The van der Waals surface area contributed by atoms with Crippen molar-refractivity contribution in [2.24, 2.45) is 11.8 Å². The summed E-state index contributed by atoms with van der Waals surface area (Å²) in [6.45, 7) is 0. The Balaban J connectivity index is 2.05. The molecule has 90 valence electrons. The van der Waals surface area contributed by atoms with Crippen LogP contribution in [0.2, 0.25) is 10.0 Å². The van der Waals surface area contributed by atoms with Gasteiger partial charge in [0.15, 0.2) is 0 Å². The minimum atomic E-state index is -0.942. The maximum absolute atomic E-state index is 11.7. The molecule has 2 rings (SSSR count). The third-order valence-electron chi connectivity index (χ3n) is 2.65. The van der Waals surface area contributed by atoms with Crippen LogP contribution in [0, 0.1) is 11.8 Å². The Morgan fingerprint density at radius 3 is 2.59 bits per heavy atom. The lowest BCUT2D eigenvalue weighted by molar-refractivity contribution is -0.139. The summed E-state index contributed by atoms with van der Waals surface area (Å²) in [6, 6.07) is 4.88. The number of nitrogens with one attached hydrogen (secondary N) is 1. The second kappa shape index (κ2) is 4.55. The molecule has 0 spiro atoms. The molecule has 1 saturated carbocycles. The molecule has 0 aromatic heterocycles. The van der Waals surface area contributed by atoms with E-state index in [4.69, 9.17) is 28.3 Å². The summed E-state index contributed by atoms with van der Waals surface area (Å²) in [5.74, 6) is -2.32. The SMILES string of the molecule is O=C(O)[C@H]1C[C@H]1C(=O)Nc1cccc(Cl)c1Cl. The van der Waals surface area contributed by atoms with E-state index in [-0.39, 0.29) is 10.9 Å². The molecule has 0 aliphatic heterocycles. The van der Waals surface area contributed by atoms with Crippen LogP contribution in [0.5, 0.6) is 0 Å².